The smallest absolute Gasteiger partial charge is 0.239 e. The van der Waals surface area contributed by atoms with Crippen LogP contribution in [0.4, 0.5) is 5.69 Å². The molecule has 5 heteroatoms. The van der Waals surface area contributed by atoms with Crippen LogP contribution < -0.4 is 10.6 Å². The molecule has 2 aromatic carbocycles. The van der Waals surface area contributed by atoms with Crippen molar-refractivity contribution in [1.82, 2.24) is 5.32 Å². The fourth-order valence-corrected chi connectivity index (χ4v) is 2.23. The highest BCUT2D eigenvalue weighted by Crippen LogP contribution is 2.25. The van der Waals surface area contributed by atoms with Gasteiger partial charge in [0.1, 0.15) is 0 Å². The number of carbonyl (C=O) groups is 1. The summed E-state index contributed by atoms with van der Waals surface area (Å²) in [6, 6.07) is 13.0. The normalized spacial score (nSPS) is 10.2. The Hall–Kier alpha value is -1.71. The van der Waals surface area contributed by atoms with Gasteiger partial charge in [-0.25, -0.2) is 0 Å². The molecule has 0 aliphatic carbocycles. The second-order valence-electron chi connectivity index (χ2n) is 4.68. The average Bonchev–Trinajstić information content (AvgIpc) is 2.47. The van der Waals surface area contributed by atoms with E-state index in [0.717, 1.165) is 11.1 Å². The predicted octanol–water partition coefficient (Wildman–Crippen LogP) is 4.03. The quantitative estimate of drug-likeness (QED) is 0.872. The molecule has 110 valence electrons. The maximum atomic E-state index is 11.8. The molecule has 21 heavy (non-hydrogen) atoms. The van der Waals surface area contributed by atoms with Crippen LogP contribution in [0.3, 0.4) is 0 Å². The van der Waals surface area contributed by atoms with Crippen molar-refractivity contribution in [2.75, 3.05) is 11.9 Å². The summed E-state index contributed by atoms with van der Waals surface area (Å²) in [5.41, 5.74) is 2.91. The number of hydrogen-bond acceptors (Lipinski definition) is 2. The molecule has 2 rings (SSSR count). The Balaban J connectivity index is 1.85. The number of aryl methyl sites for hydroxylation is 1. The van der Waals surface area contributed by atoms with E-state index >= 15 is 0 Å². The minimum atomic E-state index is -0.103. The molecule has 0 spiro atoms. The third-order valence-corrected chi connectivity index (χ3v) is 3.67. The van der Waals surface area contributed by atoms with Crippen LogP contribution >= 0.6 is 23.2 Å². The molecule has 0 aliphatic heterocycles. The molecule has 2 aromatic rings. The van der Waals surface area contributed by atoms with Crippen LogP contribution in [0.15, 0.2) is 42.5 Å². The molecule has 0 aromatic heterocycles. The number of anilines is 1. The lowest BCUT2D eigenvalue weighted by molar-refractivity contribution is -0.119. The van der Waals surface area contributed by atoms with Crippen molar-refractivity contribution in [2.45, 2.75) is 13.5 Å². The first-order valence-corrected chi connectivity index (χ1v) is 7.32. The molecule has 0 saturated heterocycles. The third-order valence-electron chi connectivity index (χ3n) is 3.11. The van der Waals surface area contributed by atoms with Gasteiger partial charge in [0.2, 0.25) is 5.91 Å². The van der Waals surface area contributed by atoms with Crippen LogP contribution in [0.5, 0.6) is 0 Å². The van der Waals surface area contributed by atoms with Gasteiger partial charge >= 0.3 is 0 Å². The van der Waals surface area contributed by atoms with Crippen LogP contribution in [-0.4, -0.2) is 12.5 Å². The number of benzene rings is 2. The standard InChI is InChI=1S/C16H16Cl2N2O/c1-11-4-2-3-5-12(11)9-20-16(21)10-19-15-8-13(17)6-7-14(15)18/h2-8,19H,9-10H2,1H3,(H,20,21). The Morgan fingerprint density at radius 3 is 2.67 bits per heavy atom. The lowest BCUT2D eigenvalue weighted by Crippen LogP contribution is -2.29. The zero-order valence-corrected chi connectivity index (χ0v) is 13.1. The van der Waals surface area contributed by atoms with E-state index < -0.39 is 0 Å². The van der Waals surface area contributed by atoms with Gasteiger partial charge in [-0.15, -0.1) is 0 Å². The summed E-state index contributed by atoms with van der Waals surface area (Å²) in [6.07, 6.45) is 0. The van der Waals surface area contributed by atoms with Crippen molar-refractivity contribution in [3.05, 3.63) is 63.6 Å². The van der Waals surface area contributed by atoms with Crippen LogP contribution in [-0.2, 0) is 11.3 Å². The molecule has 0 fully saturated rings. The maximum Gasteiger partial charge on any atom is 0.239 e. The average molecular weight is 323 g/mol. The Kier molecular flexibility index (Phi) is 5.48. The number of rotatable bonds is 5. The Morgan fingerprint density at radius 2 is 1.90 bits per heavy atom. The molecule has 0 unspecified atom stereocenters. The SMILES string of the molecule is Cc1ccccc1CNC(=O)CNc1cc(Cl)ccc1Cl. The first-order chi connectivity index (χ1) is 10.1. The number of nitrogens with one attached hydrogen (secondary N) is 2. The number of halogens is 2. The van der Waals surface area contributed by atoms with E-state index in [1.807, 2.05) is 31.2 Å². The van der Waals surface area contributed by atoms with Gasteiger partial charge in [-0.1, -0.05) is 47.5 Å². The van der Waals surface area contributed by atoms with Crippen molar-refractivity contribution < 1.29 is 4.79 Å². The van der Waals surface area contributed by atoms with E-state index in [-0.39, 0.29) is 12.5 Å². The van der Waals surface area contributed by atoms with Gasteiger partial charge in [-0.05, 0) is 36.2 Å². The van der Waals surface area contributed by atoms with Gasteiger partial charge in [0, 0.05) is 11.6 Å². The van der Waals surface area contributed by atoms with E-state index in [4.69, 9.17) is 23.2 Å². The molecule has 3 nitrogen and oxygen atoms in total. The minimum absolute atomic E-state index is 0.103. The molecule has 0 atom stereocenters. The lowest BCUT2D eigenvalue weighted by Gasteiger charge is -2.10. The monoisotopic (exact) mass is 322 g/mol. The summed E-state index contributed by atoms with van der Waals surface area (Å²) in [4.78, 5) is 11.8. The first kappa shape index (κ1) is 15.7. The van der Waals surface area contributed by atoms with E-state index in [1.165, 1.54) is 0 Å². The summed E-state index contributed by atoms with van der Waals surface area (Å²) < 4.78 is 0. The predicted molar refractivity (Wildman–Crippen MR) is 88.0 cm³/mol. The van der Waals surface area contributed by atoms with Gasteiger partial charge in [0.05, 0.1) is 17.3 Å². The zero-order valence-electron chi connectivity index (χ0n) is 11.6. The summed E-state index contributed by atoms with van der Waals surface area (Å²) in [7, 11) is 0. The van der Waals surface area contributed by atoms with Crippen molar-refractivity contribution in [3.8, 4) is 0 Å². The summed E-state index contributed by atoms with van der Waals surface area (Å²) in [6.45, 7) is 2.67. The van der Waals surface area contributed by atoms with Crippen LogP contribution in [0.1, 0.15) is 11.1 Å². The Morgan fingerprint density at radius 1 is 1.14 bits per heavy atom. The largest absolute Gasteiger partial charge is 0.375 e. The van der Waals surface area contributed by atoms with Crippen molar-refractivity contribution in [3.63, 3.8) is 0 Å². The zero-order chi connectivity index (χ0) is 15.2. The highest BCUT2D eigenvalue weighted by atomic mass is 35.5. The van der Waals surface area contributed by atoms with Gasteiger partial charge in [0.15, 0.2) is 0 Å². The van der Waals surface area contributed by atoms with Gasteiger partial charge in [-0.2, -0.15) is 0 Å². The second-order valence-corrected chi connectivity index (χ2v) is 5.52. The van der Waals surface area contributed by atoms with Crippen LogP contribution in [0, 0.1) is 6.92 Å². The molecular weight excluding hydrogens is 307 g/mol. The molecule has 0 saturated carbocycles. The van der Waals surface area contributed by atoms with E-state index in [9.17, 15) is 4.79 Å². The summed E-state index contributed by atoms with van der Waals surface area (Å²) in [5.74, 6) is -0.103. The minimum Gasteiger partial charge on any atom is -0.375 e. The molecule has 2 N–H and O–H groups in total. The molecule has 0 heterocycles. The number of amides is 1. The molecule has 0 bridgehead atoms. The lowest BCUT2D eigenvalue weighted by atomic mass is 10.1. The summed E-state index contributed by atoms with van der Waals surface area (Å²) >= 11 is 11.9. The Labute approximate surface area is 134 Å². The summed E-state index contributed by atoms with van der Waals surface area (Å²) in [5, 5.41) is 6.95. The van der Waals surface area contributed by atoms with Crippen LogP contribution in [0.2, 0.25) is 10.0 Å². The van der Waals surface area contributed by atoms with Gasteiger partial charge < -0.3 is 10.6 Å². The molecular formula is C16H16Cl2N2O. The molecule has 1 amide bonds. The highest BCUT2D eigenvalue weighted by molar-refractivity contribution is 6.35. The van der Waals surface area contributed by atoms with Crippen molar-refractivity contribution in [2.24, 2.45) is 0 Å². The molecule has 0 aliphatic rings. The highest BCUT2D eigenvalue weighted by Gasteiger charge is 2.05. The second kappa shape index (κ2) is 7.34. The van der Waals surface area contributed by atoms with Gasteiger partial charge in [0.25, 0.3) is 0 Å². The number of hydrogen-bond donors (Lipinski definition) is 2. The first-order valence-electron chi connectivity index (χ1n) is 6.56. The molecule has 0 radical (unpaired) electrons. The van der Waals surface area contributed by atoms with E-state index in [2.05, 4.69) is 10.6 Å². The fourth-order valence-electron chi connectivity index (χ4n) is 1.87. The van der Waals surface area contributed by atoms with Crippen LogP contribution in [0.25, 0.3) is 0 Å². The topological polar surface area (TPSA) is 41.1 Å². The van der Waals surface area contributed by atoms with E-state index in [0.29, 0.717) is 22.3 Å². The van der Waals surface area contributed by atoms with Crippen molar-refractivity contribution in [1.29, 1.82) is 0 Å². The van der Waals surface area contributed by atoms with Gasteiger partial charge in [-0.3, -0.25) is 4.79 Å². The van der Waals surface area contributed by atoms with Crippen molar-refractivity contribution >= 4 is 34.8 Å². The third kappa shape index (κ3) is 4.66. The number of carbonyl (C=O) groups excluding carboxylic acids is 1. The Bertz CT molecular complexity index is 644. The van der Waals surface area contributed by atoms with E-state index in [1.54, 1.807) is 18.2 Å². The maximum absolute atomic E-state index is 11.8. The fraction of sp³-hybridized carbons (Fsp3) is 0.188.